The van der Waals surface area contributed by atoms with Crippen LogP contribution in [0.1, 0.15) is 25.5 Å². The lowest BCUT2D eigenvalue weighted by Crippen LogP contribution is -2.31. The van der Waals surface area contributed by atoms with Crippen molar-refractivity contribution in [3.63, 3.8) is 0 Å². The minimum atomic E-state index is -0.830. The van der Waals surface area contributed by atoms with Crippen LogP contribution in [0.15, 0.2) is 18.2 Å². The van der Waals surface area contributed by atoms with Crippen molar-refractivity contribution in [2.24, 2.45) is 0 Å². The summed E-state index contributed by atoms with van der Waals surface area (Å²) in [6.45, 7) is 4.57. The van der Waals surface area contributed by atoms with Crippen molar-refractivity contribution in [2.75, 3.05) is 13.7 Å². The van der Waals surface area contributed by atoms with Crippen LogP contribution in [-0.2, 0) is 4.74 Å². The van der Waals surface area contributed by atoms with E-state index < -0.39 is 11.6 Å². The molecule has 90 valence electrons. The van der Waals surface area contributed by atoms with Crippen LogP contribution in [0.5, 0.6) is 0 Å². The Balaban J connectivity index is 2.96. The minimum absolute atomic E-state index is 0.107. The second-order valence-electron chi connectivity index (χ2n) is 3.65. The summed E-state index contributed by atoms with van der Waals surface area (Å²) in [5.41, 5.74) is 0.690. The third kappa shape index (κ3) is 3.00. The monoisotopic (exact) mass is 229 g/mol. The Labute approximate surface area is 94.6 Å². The molecule has 2 unspecified atom stereocenters. The minimum Gasteiger partial charge on any atom is -0.380 e. The normalized spacial score (nSPS) is 14.8. The number of ether oxygens (including phenoxy) is 1. The molecule has 1 aromatic carbocycles. The zero-order valence-electron chi connectivity index (χ0n) is 9.76. The highest BCUT2D eigenvalue weighted by atomic mass is 19.2. The van der Waals surface area contributed by atoms with Crippen LogP contribution in [0.3, 0.4) is 0 Å². The number of hydrogen-bond acceptors (Lipinski definition) is 2. The molecule has 1 N–H and O–H groups in total. The van der Waals surface area contributed by atoms with E-state index in [2.05, 4.69) is 5.32 Å². The molecular formula is C12H17F2NO. The maximum atomic E-state index is 13.1. The van der Waals surface area contributed by atoms with Crippen molar-refractivity contribution in [3.8, 4) is 0 Å². The van der Waals surface area contributed by atoms with Gasteiger partial charge in [0.1, 0.15) is 0 Å². The Hall–Kier alpha value is -1.00. The summed E-state index contributed by atoms with van der Waals surface area (Å²) < 4.78 is 31.1. The summed E-state index contributed by atoms with van der Waals surface area (Å²) in [7, 11) is 1.59. The topological polar surface area (TPSA) is 21.3 Å². The summed E-state index contributed by atoms with van der Waals surface area (Å²) in [6.07, 6.45) is -0.107. The van der Waals surface area contributed by atoms with Crippen LogP contribution in [0.2, 0.25) is 0 Å². The van der Waals surface area contributed by atoms with Gasteiger partial charge in [-0.3, -0.25) is 0 Å². The highest BCUT2D eigenvalue weighted by Crippen LogP contribution is 2.20. The van der Waals surface area contributed by atoms with Gasteiger partial charge in [0.15, 0.2) is 11.6 Å². The smallest absolute Gasteiger partial charge is 0.159 e. The third-order valence-electron chi connectivity index (χ3n) is 2.57. The van der Waals surface area contributed by atoms with E-state index in [1.54, 1.807) is 13.2 Å². The summed E-state index contributed by atoms with van der Waals surface area (Å²) in [6, 6.07) is 3.78. The van der Waals surface area contributed by atoms with Gasteiger partial charge in [0, 0.05) is 7.11 Å². The Kier molecular flexibility index (Phi) is 4.83. The molecule has 0 aliphatic carbocycles. The maximum absolute atomic E-state index is 13.1. The molecule has 16 heavy (non-hydrogen) atoms. The largest absolute Gasteiger partial charge is 0.380 e. The number of hydrogen-bond donors (Lipinski definition) is 1. The van der Waals surface area contributed by atoms with Crippen molar-refractivity contribution in [3.05, 3.63) is 35.4 Å². The van der Waals surface area contributed by atoms with E-state index in [0.29, 0.717) is 5.56 Å². The van der Waals surface area contributed by atoms with Crippen LogP contribution >= 0.6 is 0 Å². The quantitative estimate of drug-likeness (QED) is 0.838. The van der Waals surface area contributed by atoms with Crippen molar-refractivity contribution in [1.82, 2.24) is 5.32 Å². The number of halogens is 2. The number of nitrogens with one attached hydrogen (secondary N) is 1. The molecule has 0 saturated heterocycles. The maximum Gasteiger partial charge on any atom is 0.159 e. The van der Waals surface area contributed by atoms with E-state index >= 15 is 0 Å². The zero-order chi connectivity index (χ0) is 12.1. The first-order valence-electron chi connectivity index (χ1n) is 5.31. The zero-order valence-corrected chi connectivity index (χ0v) is 9.76. The summed E-state index contributed by atoms with van der Waals surface area (Å²) in [4.78, 5) is 0. The average molecular weight is 229 g/mol. The standard InChI is InChI=1S/C12H17F2NO/c1-4-15-12(8(2)16-3)9-5-6-10(13)11(14)7-9/h5-8,12,15H,4H2,1-3H3. The van der Waals surface area contributed by atoms with Crippen molar-refractivity contribution >= 4 is 0 Å². The first-order chi connectivity index (χ1) is 7.60. The molecule has 0 aromatic heterocycles. The molecule has 0 aliphatic rings. The molecule has 1 aromatic rings. The Morgan fingerprint density at radius 2 is 2.00 bits per heavy atom. The van der Waals surface area contributed by atoms with Crippen LogP contribution in [0, 0.1) is 11.6 Å². The Bertz CT molecular complexity index is 344. The van der Waals surface area contributed by atoms with Gasteiger partial charge in [0.05, 0.1) is 12.1 Å². The van der Waals surface area contributed by atoms with Crippen molar-refractivity contribution in [2.45, 2.75) is 26.0 Å². The van der Waals surface area contributed by atoms with Gasteiger partial charge < -0.3 is 10.1 Å². The van der Waals surface area contributed by atoms with E-state index in [1.165, 1.54) is 6.07 Å². The van der Waals surface area contributed by atoms with Crippen LogP contribution < -0.4 is 5.32 Å². The van der Waals surface area contributed by atoms with Gasteiger partial charge in [-0.25, -0.2) is 8.78 Å². The fourth-order valence-electron chi connectivity index (χ4n) is 1.62. The number of likely N-dealkylation sites (N-methyl/N-ethyl adjacent to an activating group) is 1. The lowest BCUT2D eigenvalue weighted by molar-refractivity contribution is 0.0834. The van der Waals surface area contributed by atoms with E-state index in [9.17, 15) is 8.78 Å². The van der Waals surface area contributed by atoms with Crippen molar-refractivity contribution in [1.29, 1.82) is 0 Å². The second kappa shape index (κ2) is 5.92. The van der Waals surface area contributed by atoms with E-state index in [4.69, 9.17) is 4.74 Å². The number of methoxy groups -OCH3 is 1. The van der Waals surface area contributed by atoms with Crippen LogP contribution in [0.4, 0.5) is 8.78 Å². The van der Waals surface area contributed by atoms with Gasteiger partial charge in [0.25, 0.3) is 0 Å². The third-order valence-corrected chi connectivity index (χ3v) is 2.57. The SMILES string of the molecule is CCNC(c1ccc(F)c(F)c1)C(C)OC. The number of benzene rings is 1. The van der Waals surface area contributed by atoms with E-state index in [0.717, 1.165) is 12.6 Å². The molecule has 2 atom stereocenters. The van der Waals surface area contributed by atoms with Crippen molar-refractivity contribution < 1.29 is 13.5 Å². The highest BCUT2D eigenvalue weighted by Gasteiger charge is 2.19. The van der Waals surface area contributed by atoms with Gasteiger partial charge >= 0.3 is 0 Å². The van der Waals surface area contributed by atoms with Crippen LogP contribution in [0.25, 0.3) is 0 Å². The predicted molar refractivity (Wildman–Crippen MR) is 59.2 cm³/mol. The first kappa shape index (κ1) is 13.1. The summed E-state index contributed by atoms with van der Waals surface area (Å²) in [5, 5.41) is 3.18. The molecule has 0 radical (unpaired) electrons. The van der Waals surface area contributed by atoms with E-state index in [1.807, 2.05) is 13.8 Å². The lowest BCUT2D eigenvalue weighted by atomic mass is 10.0. The molecule has 0 heterocycles. The predicted octanol–water partition coefficient (Wildman–Crippen LogP) is 2.65. The molecule has 0 amide bonds. The molecule has 0 fully saturated rings. The van der Waals surface area contributed by atoms with Gasteiger partial charge in [-0.1, -0.05) is 13.0 Å². The van der Waals surface area contributed by atoms with Gasteiger partial charge in [-0.05, 0) is 31.2 Å². The lowest BCUT2D eigenvalue weighted by Gasteiger charge is -2.24. The van der Waals surface area contributed by atoms with Gasteiger partial charge in [-0.15, -0.1) is 0 Å². The fourth-order valence-corrected chi connectivity index (χ4v) is 1.62. The first-order valence-corrected chi connectivity index (χ1v) is 5.31. The molecule has 0 aliphatic heterocycles. The summed E-state index contributed by atoms with van der Waals surface area (Å²) >= 11 is 0. The molecule has 0 spiro atoms. The molecule has 1 rings (SSSR count). The summed E-state index contributed by atoms with van der Waals surface area (Å²) in [5.74, 6) is -1.66. The molecule has 0 bridgehead atoms. The average Bonchev–Trinajstić information content (AvgIpc) is 2.29. The Morgan fingerprint density at radius 1 is 1.31 bits per heavy atom. The molecule has 0 saturated carbocycles. The number of rotatable bonds is 5. The highest BCUT2D eigenvalue weighted by molar-refractivity contribution is 5.22. The van der Waals surface area contributed by atoms with Gasteiger partial charge in [-0.2, -0.15) is 0 Å². The second-order valence-corrected chi connectivity index (χ2v) is 3.65. The molecular weight excluding hydrogens is 212 g/mol. The molecule has 4 heteroatoms. The Morgan fingerprint density at radius 3 is 2.50 bits per heavy atom. The molecule has 2 nitrogen and oxygen atoms in total. The van der Waals surface area contributed by atoms with Gasteiger partial charge in [0.2, 0.25) is 0 Å². The van der Waals surface area contributed by atoms with Crippen LogP contribution in [-0.4, -0.2) is 19.8 Å². The fraction of sp³-hybridized carbons (Fsp3) is 0.500. The van der Waals surface area contributed by atoms with E-state index in [-0.39, 0.29) is 12.1 Å².